The molecule has 24 heavy (non-hydrogen) atoms. The van der Waals surface area contributed by atoms with E-state index in [-0.39, 0.29) is 0 Å². The van der Waals surface area contributed by atoms with Crippen LogP contribution in [-0.4, -0.2) is 37.3 Å². The van der Waals surface area contributed by atoms with Crippen LogP contribution < -0.4 is 0 Å². The Morgan fingerprint density at radius 3 is 2.67 bits per heavy atom. The molecule has 0 bridgehead atoms. The maximum absolute atomic E-state index is 11.2. The van der Waals surface area contributed by atoms with Gasteiger partial charge >= 0.3 is 0 Å². The van der Waals surface area contributed by atoms with Crippen molar-refractivity contribution in [3.8, 4) is 0 Å². The molecule has 1 N–H and O–H groups in total. The van der Waals surface area contributed by atoms with Gasteiger partial charge in [-0.15, -0.1) is 11.3 Å². The van der Waals surface area contributed by atoms with Crippen molar-refractivity contribution in [2.45, 2.75) is 24.9 Å². The highest BCUT2D eigenvalue weighted by Crippen LogP contribution is 2.43. The average molecular weight is 341 g/mol. The van der Waals surface area contributed by atoms with Gasteiger partial charge in [0.1, 0.15) is 11.4 Å². The van der Waals surface area contributed by atoms with Gasteiger partial charge < -0.3 is 14.7 Å². The largest absolute Gasteiger partial charge is 0.495 e. The van der Waals surface area contributed by atoms with Crippen LogP contribution in [0.1, 0.15) is 39.3 Å². The predicted molar refractivity (Wildman–Crippen MR) is 99.1 cm³/mol. The molecule has 0 amide bonds. The Bertz CT molecular complexity index is 785. The Balaban J connectivity index is 1.76. The highest BCUT2D eigenvalue weighted by atomic mass is 32.1. The monoisotopic (exact) mass is 341 g/mol. The zero-order chi connectivity index (χ0) is 16.7. The second kappa shape index (κ2) is 6.03. The zero-order valence-corrected chi connectivity index (χ0v) is 15.0. The summed E-state index contributed by atoms with van der Waals surface area (Å²) in [6, 6.07) is 10.7. The highest BCUT2D eigenvalue weighted by Gasteiger charge is 2.36. The smallest absolute Gasteiger partial charge is 0.136 e. The third-order valence-electron chi connectivity index (χ3n) is 5.25. The molecule has 0 saturated carbocycles. The Kier molecular flexibility index (Phi) is 3.99. The maximum Gasteiger partial charge on any atom is 0.136 e. The minimum Gasteiger partial charge on any atom is -0.495 e. The standard InChI is InChI=1S/C20H23NO2S/c1-21-9-7-20(22,8-10-21)18-13-16-11-14-5-3-4-6-15(14)12-17(23-2)19(16)24-18/h3-6,12-13,22H,7-11H2,1-2H3. The van der Waals surface area contributed by atoms with Crippen LogP contribution in [0.15, 0.2) is 30.3 Å². The first-order valence-electron chi connectivity index (χ1n) is 8.47. The molecule has 0 radical (unpaired) electrons. The van der Waals surface area contributed by atoms with Gasteiger partial charge in [0.05, 0.1) is 12.0 Å². The summed E-state index contributed by atoms with van der Waals surface area (Å²) in [5.74, 6) is 0.905. The molecule has 1 aliphatic heterocycles. The van der Waals surface area contributed by atoms with Crippen LogP contribution in [0.3, 0.4) is 0 Å². The van der Waals surface area contributed by atoms with E-state index in [1.54, 1.807) is 18.4 Å². The summed E-state index contributed by atoms with van der Waals surface area (Å²) in [6.45, 7) is 1.88. The zero-order valence-electron chi connectivity index (χ0n) is 14.2. The van der Waals surface area contributed by atoms with Crippen LogP contribution in [0, 0.1) is 0 Å². The quantitative estimate of drug-likeness (QED) is 0.904. The summed E-state index contributed by atoms with van der Waals surface area (Å²) in [5, 5.41) is 11.2. The minimum atomic E-state index is -0.693. The van der Waals surface area contributed by atoms with Gasteiger partial charge in [0, 0.05) is 18.0 Å². The molecule has 1 saturated heterocycles. The summed E-state index contributed by atoms with van der Waals surface area (Å²) in [6.07, 6.45) is 4.61. The minimum absolute atomic E-state index is 0.693. The molecule has 0 unspecified atom stereocenters. The molecule has 3 nitrogen and oxygen atoms in total. The molecular formula is C20H23NO2S. The Morgan fingerprint density at radius 1 is 1.17 bits per heavy atom. The van der Waals surface area contributed by atoms with Gasteiger partial charge in [-0.3, -0.25) is 0 Å². The molecule has 1 aromatic heterocycles. The molecule has 2 heterocycles. The maximum atomic E-state index is 11.2. The number of likely N-dealkylation sites (tertiary alicyclic amines) is 1. The van der Waals surface area contributed by atoms with E-state index >= 15 is 0 Å². The molecule has 2 aromatic rings. The molecule has 1 aliphatic carbocycles. The van der Waals surface area contributed by atoms with Gasteiger partial charge in [-0.25, -0.2) is 0 Å². The second-order valence-corrected chi connectivity index (χ2v) is 7.94. The molecule has 0 spiro atoms. The molecule has 1 fully saturated rings. The lowest BCUT2D eigenvalue weighted by atomic mass is 9.89. The first-order chi connectivity index (χ1) is 11.6. The lowest BCUT2D eigenvalue weighted by molar-refractivity contribution is -0.0172. The van der Waals surface area contributed by atoms with Crippen LogP contribution >= 0.6 is 11.3 Å². The van der Waals surface area contributed by atoms with Crippen LogP contribution in [0.25, 0.3) is 11.8 Å². The van der Waals surface area contributed by atoms with E-state index in [1.165, 1.54) is 16.7 Å². The number of nitrogens with zero attached hydrogens (tertiary/aromatic N) is 1. The van der Waals surface area contributed by atoms with Crippen LogP contribution in [0.5, 0.6) is 0 Å². The van der Waals surface area contributed by atoms with Crippen LogP contribution in [-0.2, 0) is 16.8 Å². The predicted octanol–water partition coefficient (Wildman–Crippen LogP) is 3.71. The highest BCUT2D eigenvalue weighted by molar-refractivity contribution is 7.13. The lowest BCUT2D eigenvalue weighted by Gasteiger charge is -2.35. The van der Waals surface area contributed by atoms with Gasteiger partial charge in [-0.2, -0.15) is 0 Å². The number of methoxy groups -OCH3 is 1. The third kappa shape index (κ3) is 2.69. The summed E-state index contributed by atoms with van der Waals surface area (Å²) < 4.78 is 5.69. The molecule has 4 heteroatoms. The van der Waals surface area contributed by atoms with E-state index in [0.29, 0.717) is 0 Å². The number of hydrogen-bond acceptors (Lipinski definition) is 4. The van der Waals surface area contributed by atoms with E-state index in [1.807, 2.05) is 0 Å². The van der Waals surface area contributed by atoms with Gasteiger partial charge in [-0.1, -0.05) is 24.3 Å². The lowest BCUT2D eigenvalue weighted by Crippen LogP contribution is -2.40. The fourth-order valence-corrected chi connectivity index (χ4v) is 4.95. The number of thiophene rings is 1. The first-order valence-corrected chi connectivity index (χ1v) is 9.29. The van der Waals surface area contributed by atoms with E-state index in [0.717, 1.165) is 47.9 Å². The number of aliphatic hydroxyl groups is 1. The van der Waals surface area contributed by atoms with Crippen molar-refractivity contribution in [2.24, 2.45) is 0 Å². The average Bonchev–Trinajstić information content (AvgIpc) is 2.95. The molecule has 0 atom stereocenters. The van der Waals surface area contributed by atoms with E-state index < -0.39 is 5.60 Å². The number of rotatable bonds is 2. The number of benzene rings is 1. The Hall–Kier alpha value is -1.62. The van der Waals surface area contributed by atoms with Crippen molar-refractivity contribution in [1.82, 2.24) is 4.90 Å². The number of ether oxygens (including phenoxy) is 1. The van der Waals surface area contributed by atoms with Crippen molar-refractivity contribution in [1.29, 1.82) is 0 Å². The van der Waals surface area contributed by atoms with Crippen molar-refractivity contribution in [2.75, 3.05) is 27.2 Å². The Labute approximate surface area is 147 Å². The molecule has 1 aromatic carbocycles. The second-order valence-electron chi connectivity index (χ2n) is 6.89. The fraction of sp³-hybridized carbons (Fsp3) is 0.400. The molecular weight excluding hydrogens is 318 g/mol. The van der Waals surface area contributed by atoms with Crippen molar-refractivity contribution in [3.63, 3.8) is 0 Å². The SMILES string of the molecule is COC1=Cc2ccccc2Cc2cc(C3(O)CCN(C)CC3)sc21. The normalized spacial score (nSPS) is 19.9. The van der Waals surface area contributed by atoms with Gasteiger partial charge in [0.15, 0.2) is 0 Å². The van der Waals surface area contributed by atoms with Crippen molar-refractivity contribution in [3.05, 3.63) is 56.8 Å². The number of hydrogen-bond donors (Lipinski definition) is 1. The van der Waals surface area contributed by atoms with Crippen LogP contribution in [0.4, 0.5) is 0 Å². The van der Waals surface area contributed by atoms with Crippen LogP contribution in [0.2, 0.25) is 0 Å². The molecule has 4 rings (SSSR count). The van der Waals surface area contributed by atoms with Crippen molar-refractivity contribution >= 4 is 23.2 Å². The summed E-state index contributed by atoms with van der Waals surface area (Å²) in [4.78, 5) is 4.53. The van der Waals surface area contributed by atoms with Crippen molar-refractivity contribution < 1.29 is 9.84 Å². The summed E-state index contributed by atoms with van der Waals surface area (Å²) in [5.41, 5.74) is 3.10. The third-order valence-corrected chi connectivity index (χ3v) is 6.63. The topological polar surface area (TPSA) is 32.7 Å². The fourth-order valence-electron chi connectivity index (χ4n) is 3.63. The number of piperidine rings is 1. The molecule has 2 aliphatic rings. The van der Waals surface area contributed by atoms with Gasteiger partial charge in [0.2, 0.25) is 0 Å². The van der Waals surface area contributed by atoms with E-state index in [4.69, 9.17) is 4.74 Å². The number of fused-ring (bicyclic) bond motifs is 2. The van der Waals surface area contributed by atoms with Gasteiger partial charge in [0.25, 0.3) is 0 Å². The van der Waals surface area contributed by atoms with Gasteiger partial charge in [-0.05, 0) is 55.1 Å². The molecule has 126 valence electrons. The summed E-state index contributed by atoms with van der Waals surface area (Å²) in [7, 11) is 3.85. The van der Waals surface area contributed by atoms with E-state index in [9.17, 15) is 5.11 Å². The first kappa shape index (κ1) is 15.9. The Morgan fingerprint density at radius 2 is 1.92 bits per heavy atom. The van der Waals surface area contributed by atoms with E-state index in [2.05, 4.69) is 48.4 Å². The summed E-state index contributed by atoms with van der Waals surface area (Å²) >= 11 is 1.70.